The van der Waals surface area contributed by atoms with Crippen LogP contribution in [0, 0.1) is 11.3 Å². The molecule has 0 N–H and O–H groups in total. The largest absolute Gasteiger partial charge is 0.357 e. The first-order valence-corrected chi connectivity index (χ1v) is 15.7. The second-order valence-electron chi connectivity index (χ2n) is 12.6. The van der Waals surface area contributed by atoms with E-state index in [1.807, 2.05) is 4.68 Å². The molecule has 2 aromatic heterocycles. The minimum Gasteiger partial charge on any atom is -0.357 e. The molecule has 0 unspecified atom stereocenters. The molecule has 6 rings (SSSR count). The molecule has 0 radical (unpaired) electrons. The molecule has 2 aromatic rings. The number of nitrogens with zero attached hydrogens (tertiary/aromatic N) is 6. The van der Waals surface area contributed by atoms with E-state index < -0.39 is 0 Å². The van der Waals surface area contributed by atoms with E-state index >= 15 is 0 Å². The maximum Gasteiger partial charge on any atom is 0.162 e. The number of hydrogen-bond donors (Lipinski definition) is 0. The van der Waals surface area contributed by atoms with E-state index in [1.54, 1.807) is 0 Å². The van der Waals surface area contributed by atoms with Gasteiger partial charge in [-0.05, 0) is 81.4 Å². The lowest BCUT2D eigenvalue weighted by molar-refractivity contribution is 0.0556. The smallest absolute Gasteiger partial charge is 0.162 e. The van der Waals surface area contributed by atoms with Crippen LogP contribution >= 0.6 is 0 Å². The van der Waals surface area contributed by atoms with E-state index in [4.69, 9.17) is 10.1 Å². The molecule has 0 bridgehead atoms. The van der Waals surface area contributed by atoms with Crippen LogP contribution in [0.3, 0.4) is 0 Å². The van der Waals surface area contributed by atoms with Gasteiger partial charge in [-0.2, -0.15) is 5.10 Å². The molecule has 37 heavy (non-hydrogen) atoms. The van der Waals surface area contributed by atoms with Crippen molar-refractivity contribution in [3.8, 4) is 0 Å². The summed E-state index contributed by atoms with van der Waals surface area (Å²) in [5.41, 5.74) is 1.58. The quantitative estimate of drug-likeness (QED) is 0.463. The van der Waals surface area contributed by atoms with Crippen molar-refractivity contribution in [1.29, 1.82) is 0 Å². The van der Waals surface area contributed by atoms with Gasteiger partial charge in [0.05, 0.1) is 5.39 Å². The number of pyridine rings is 1. The number of likely N-dealkylation sites (tertiary alicyclic amines) is 1. The fourth-order valence-electron chi connectivity index (χ4n) is 7.44. The third-order valence-corrected chi connectivity index (χ3v) is 9.44. The van der Waals surface area contributed by atoms with Gasteiger partial charge in [-0.3, -0.25) is 0 Å². The molecule has 6 nitrogen and oxygen atoms in total. The Morgan fingerprint density at radius 3 is 2.22 bits per heavy atom. The van der Waals surface area contributed by atoms with Gasteiger partial charge in [0.1, 0.15) is 5.82 Å². The maximum atomic E-state index is 5.09. The van der Waals surface area contributed by atoms with Crippen LogP contribution in [0.1, 0.15) is 97.3 Å². The second kappa shape index (κ2) is 12.4. The van der Waals surface area contributed by atoms with E-state index in [-0.39, 0.29) is 0 Å². The summed E-state index contributed by atoms with van der Waals surface area (Å²) in [6, 6.07) is 4.53. The zero-order valence-electron chi connectivity index (χ0n) is 24.1. The topological polar surface area (TPSA) is 40.4 Å². The number of fused-ring (bicyclic) bond motifs is 1. The minimum absolute atomic E-state index is 0.538. The fourth-order valence-corrected chi connectivity index (χ4v) is 7.44. The molecule has 4 aliphatic rings. The molecule has 1 spiro atoms. The predicted octanol–water partition coefficient (Wildman–Crippen LogP) is 6.64. The summed E-state index contributed by atoms with van der Waals surface area (Å²) in [7, 11) is 2.07. The Labute approximate surface area is 225 Å². The standard InChI is InChI=1S/C28H44N6.C3H8/c1-31-26-24(11-12-25(29-26)33-17-6-2-3-7-18-33)27(30-31)34-19-14-28(15-20-34)13-8-16-32(22-28)21-23-9-4-5-10-23;1-3-2/h11-12,23H,2-10,13-22H2,1H3;3H2,1-2H3. The van der Waals surface area contributed by atoms with Crippen LogP contribution in [0.4, 0.5) is 11.6 Å². The van der Waals surface area contributed by atoms with Gasteiger partial charge < -0.3 is 14.7 Å². The molecule has 0 aromatic carbocycles. The molecule has 5 heterocycles. The van der Waals surface area contributed by atoms with Crippen LogP contribution < -0.4 is 9.80 Å². The minimum atomic E-state index is 0.538. The van der Waals surface area contributed by atoms with Crippen LogP contribution in [-0.4, -0.2) is 65.5 Å². The van der Waals surface area contributed by atoms with E-state index in [0.717, 1.165) is 49.4 Å². The predicted molar refractivity (Wildman–Crippen MR) is 157 cm³/mol. The van der Waals surface area contributed by atoms with Gasteiger partial charge in [0.25, 0.3) is 0 Å². The molecular weight excluding hydrogens is 456 g/mol. The highest BCUT2D eigenvalue weighted by Crippen LogP contribution is 2.42. The van der Waals surface area contributed by atoms with Crippen molar-refractivity contribution in [1.82, 2.24) is 19.7 Å². The van der Waals surface area contributed by atoms with Crippen LogP contribution in [0.2, 0.25) is 0 Å². The SMILES string of the molecule is CCC.Cn1nc(N2CCC3(CCCN(CC4CCCC4)C3)CC2)c2ccc(N3CCCCCC3)nc21. The zero-order valence-corrected chi connectivity index (χ0v) is 24.1. The molecule has 4 fully saturated rings. The highest BCUT2D eigenvalue weighted by Gasteiger charge is 2.39. The maximum absolute atomic E-state index is 5.09. The number of aryl methyl sites for hydroxylation is 1. The van der Waals surface area contributed by atoms with E-state index in [1.165, 1.54) is 108 Å². The molecule has 1 aliphatic carbocycles. The Kier molecular flexibility index (Phi) is 8.94. The lowest BCUT2D eigenvalue weighted by Crippen LogP contribution is -2.50. The van der Waals surface area contributed by atoms with Crippen molar-refractivity contribution < 1.29 is 0 Å². The summed E-state index contributed by atoms with van der Waals surface area (Å²) in [5.74, 6) is 3.26. The van der Waals surface area contributed by atoms with Crippen molar-refractivity contribution in [2.75, 3.05) is 55.6 Å². The Morgan fingerprint density at radius 1 is 0.811 bits per heavy atom. The third-order valence-electron chi connectivity index (χ3n) is 9.44. The van der Waals surface area contributed by atoms with Crippen molar-refractivity contribution >= 4 is 22.7 Å². The summed E-state index contributed by atoms with van der Waals surface area (Å²) < 4.78 is 2.01. The summed E-state index contributed by atoms with van der Waals surface area (Å²) in [4.78, 5) is 13.0. The highest BCUT2D eigenvalue weighted by molar-refractivity contribution is 5.89. The zero-order chi connectivity index (χ0) is 25.7. The van der Waals surface area contributed by atoms with Crippen LogP contribution in [0.25, 0.3) is 11.0 Å². The number of aromatic nitrogens is 3. The van der Waals surface area contributed by atoms with Crippen LogP contribution in [0.15, 0.2) is 12.1 Å². The van der Waals surface area contributed by atoms with Crippen LogP contribution in [0.5, 0.6) is 0 Å². The average molecular weight is 509 g/mol. The van der Waals surface area contributed by atoms with Crippen LogP contribution in [-0.2, 0) is 7.05 Å². The van der Waals surface area contributed by atoms with Gasteiger partial charge in [0, 0.05) is 46.3 Å². The summed E-state index contributed by atoms with van der Waals surface area (Å²) in [6.45, 7) is 12.8. The molecule has 0 atom stereocenters. The second-order valence-corrected chi connectivity index (χ2v) is 12.6. The number of hydrogen-bond acceptors (Lipinski definition) is 5. The Bertz CT molecular complexity index is 977. The molecule has 1 saturated carbocycles. The van der Waals surface area contributed by atoms with Gasteiger partial charge in [0.15, 0.2) is 11.5 Å². The summed E-state index contributed by atoms with van der Waals surface area (Å²) in [6.07, 6.45) is 17.8. The number of piperidine rings is 2. The van der Waals surface area contributed by atoms with Gasteiger partial charge in [-0.15, -0.1) is 0 Å². The first-order chi connectivity index (χ1) is 18.1. The molecule has 3 aliphatic heterocycles. The Balaban J connectivity index is 0.000000892. The molecule has 206 valence electrons. The summed E-state index contributed by atoms with van der Waals surface area (Å²) in [5, 5.41) is 6.21. The van der Waals surface area contributed by atoms with E-state index in [0.29, 0.717) is 5.41 Å². The third kappa shape index (κ3) is 6.26. The van der Waals surface area contributed by atoms with Crippen molar-refractivity contribution in [3.05, 3.63) is 12.1 Å². The first kappa shape index (κ1) is 26.8. The highest BCUT2D eigenvalue weighted by atomic mass is 15.4. The van der Waals surface area contributed by atoms with Gasteiger partial charge in [0.2, 0.25) is 0 Å². The normalized spacial score (nSPS) is 23.3. The van der Waals surface area contributed by atoms with E-state index in [2.05, 4.69) is 47.7 Å². The fraction of sp³-hybridized carbons (Fsp3) is 0.806. The van der Waals surface area contributed by atoms with E-state index in [9.17, 15) is 0 Å². The lowest BCUT2D eigenvalue weighted by Gasteiger charge is -2.48. The van der Waals surface area contributed by atoms with Gasteiger partial charge in [-0.25, -0.2) is 9.67 Å². The van der Waals surface area contributed by atoms with Crippen molar-refractivity contribution in [2.45, 2.75) is 97.3 Å². The summed E-state index contributed by atoms with van der Waals surface area (Å²) >= 11 is 0. The molecular formula is C31H52N6. The van der Waals surface area contributed by atoms with Gasteiger partial charge >= 0.3 is 0 Å². The van der Waals surface area contributed by atoms with Crippen molar-refractivity contribution in [2.24, 2.45) is 18.4 Å². The number of anilines is 2. The Morgan fingerprint density at radius 2 is 1.51 bits per heavy atom. The molecule has 3 saturated heterocycles. The van der Waals surface area contributed by atoms with Crippen molar-refractivity contribution in [3.63, 3.8) is 0 Å². The van der Waals surface area contributed by atoms with Gasteiger partial charge in [-0.1, -0.05) is 46.0 Å². The monoisotopic (exact) mass is 508 g/mol. The molecule has 6 heteroatoms. The number of rotatable bonds is 4. The first-order valence-electron chi connectivity index (χ1n) is 15.7. The Hall–Kier alpha value is -1.82. The molecule has 0 amide bonds. The average Bonchev–Trinajstić information content (AvgIpc) is 3.43. The lowest BCUT2D eigenvalue weighted by atomic mass is 9.72.